The van der Waals surface area contributed by atoms with E-state index in [9.17, 15) is 18.0 Å². The Labute approximate surface area is 182 Å². The van der Waals surface area contributed by atoms with Crippen LogP contribution in [0.5, 0.6) is 0 Å². The number of benzene rings is 2. The molecule has 158 valence electrons. The fourth-order valence-electron chi connectivity index (χ4n) is 2.80. The standard InChI is InChI=1S/C21H24F3IN2O2/c1-29-19(28)6-4-2-3-5-11-26-13-14-7-9-16(22)20(24)21(14)27-18-10-8-15(25)12-17(18)23/h7-10,12,26-27H,2-6,11,13H2,1H3. The molecule has 0 fully saturated rings. The summed E-state index contributed by atoms with van der Waals surface area (Å²) in [5.41, 5.74) is 0.519. The smallest absolute Gasteiger partial charge is 0.305 e. The van der Waals surface area contributed by atoms with Crippen molar-refractivity contribution < 1.29 is 22.7 Å². The monoisotopic (exact) mass is 520 g/mol. The molecule has 29 heavy (non-hydrogen) atoms. The number of methoxy groups -OCH3 is 1. The Balaban J connectivity index is 1.89. The van der Waals surface area contributed by atoms with E-state index in [2.05, 4.69) is 15.4 Å². The van der Waals surface area contributed by atoms with Gasteiger partial charge in [0.15, 0.2) is 11.6 Å². The van der Waals surface area contributed by atoms with Crippen LogP contribution in [0.3, 0.4) is 0 Å². The molecule has 0 radical (unpaired) electrons. The third-order valence-corrected chi connectivity index (χ3v) is 5.07. The topological polar surface area (TPSA) is 50.4 Å². The number of ether oxygens (including phenoxy) is 1. The number of hydrogen-bond acceptors (Lipinski definition) is 4. The first-order valence-corrected chi connectivity index (χ1v) is 10.5. The molecule has 0 spiro atoms. The van der Waals surface area contributed by atoms with Crippen LogP contribution in [0.1, 0.15) is 37.7 Å². The van der Waals surface area contributed by atoms with Gasteiger partial charge in [-0.15, -0.1) is 0 Å². The molecule has 0 bridgehead atoms. The van der Waals surface area contributed by atoms with Crippen LogP contribution in [0.15, 0.2) is 30.3 Å². The lowest BCUT2D eigenvalue weighted by molar-refractivity contribution is -0.140. The minimum Gasteiger partial charge on any atom is -0.469 e. The zero-order chi connectivity index (χ0) is 21.2. The van der Waals surface area contributed by atoms with Gasteiger partial charge >= 0.3 is 5.97 Å². The molecule has 0 unspecified atom stereocenters. The van der Waals surface area contributed by atoms with Crippen molar-refractivity contribution in [2.75, 3.05) is 19.0 Å². The van der Waals surface area contributed by atoms with Crippen molar-refractivity contribution >= 4 is 39.9 Å². The van der Waals surface area contributed by atoms with E-state index in [1.54, 1.807) is 6.07 Å². The molecule has 4 nitrogen and oxygen atoms in total. The predicted molar refractivity (Wildman–Crippen MR) is 116 cm³/mol. The van der Waals surface area contributed by atoms with Gasteiger partial charge in [-0.3, -0.25) is 4.79 Å². The first-order chi connectivity index (χ1) is 13.9. The quantitative estimate of drug-likeness (QED) is 0.228. The molecule has 0 heterocycles. The van der Waals surface area contributed by atoms with E-state index in [0.29, 0.717) is 28.6 Å². The van der Waals surface area contributed by atoms with E-state index in [-0.39, 0.29) is 17.3 Å². The molecule has 0 atom stereocenters. The van der Waals surface area contributed by atoms with Gasteiger partial charge in [0.05, 0.1) is 18.5 Å². The van der Waals surface area contributed by atoms with Crippen LogP contribution in [0.2, 0.25) is 0 Å². The number of esters is 1. The van der Waals surface area contributed by atoms with Crippen LogP contribution in [-0.4, -0.2) is 19.6 Å². The number of nitrogens with one attached hydrogen (secondary N) is 2. The second kappa shape index (κ2) is 12.0. The zero-order valence-electron chi connectivity index (χ0n) is 16.2. The fraction of sp³-hybridized carbons (Fsp3) is 0.381. The van der Waals surface area contributed by atoms with Crippen LogP contribution in [0, 0.1) is 21.0 Å². The molecule has 0 amide bonds. The van der Waals surface area contributed by atoms with Crippen LogP contribution in [0.25, 0.3) is 0 Å². The summed E-state index contributed by atoms with van der Waals surface area (Å²) in [6, 6.07) is 7.04. The maximum absolute atomic E-state index is 14.3. The summed E-state index contributed by atoms with van der Waals surface area (Å²) < 4.78 is 47.4. The molecular weight excluding hydrogens is 496 g/mol. The van der Waals surface area contributed by atoms with E-state index in [1.807, 2.05) is 22.6 Å². The van der Waals surface area contributed by atoms with Gasteiger partial charge < -0.3 is 15.4 Å². The lowest BCUT2D eigenvalue weighted by Gasteiger charge is -2.15. The van der Waals surface area contributed by atoms with Crippen LogP contribution in [-0.2, 0) is 16.1 Å². The normalized spacial score (nSPS) is 10.8. The third kappa shape index (κ3) is 7.50. The van der Waals surface area contributed by atoms with E-state index >= 15 is 0 Å². The third-order valence-electron chi connectivity index (χ3n) is 4.40. The van der Waals surface area contributed by atoms with E-state index in [4.69, 9.17) is 0 Å². The highest BCUT2D eigenvalue weighted by Gasteiger charge is 2.15. The SMILES string of the molecule is COC(=O)CCCCCCNCc1ccc(F)c(F)c1Nc1ccc(I)cc1F. The van der Waals surface area contributed by atoms with Crippen molar-refractivity contribution in [3.8, 4) is 0 Å². The first kappa shape index (κ1) is 23.5. The van der Waals surface area contributed by atoms with Crippen molar-refractivity contribution in [1.29, 1.82) is 0 Å². The minimum absolute atomic E-state index is 0.0734. The highest BCUT2D eigenvalue weighted by atomic mass is 127. The van der Waals surface area contributed by atoms with Crippen LogP contribution < -0.4 is 10.6 Å². The summed E-state index contributed by atoms with van der Waals surface area (Å²) >= 11 is 1.98. The number of carbonyl (C=O) groups excluding carboxylic acids is 1. The predicted octanol–water partition coefficient (Wildman–Crippen LogP) is 5.67. The summed E-state index contributed by atoms with van der Waals surface area (Å²) in [5, 5.41) is 5.88. The number of anilines is 2. The average molecular weight is 520 g/mol. The van der Waals surface area contributed by atoms with Gasteiger partial charge in [-0.2, -0.15) is 0 Å². The number of halogens is 4. The molecule has 0 aliphatic rings. The molecular formula is C21H24F3IN2O2. The molecule has 2 aromatic carbocycles. The van der Waals surface area contributed by atoms with E-state index < -0.39 is 17.5 Å². The Morgan fingerprint density at radius 1 is 1.03 bits per heavy atom. The van der Waals surface area contributed by atoms with Gasteiger partial charge in [-0.25, -0.2) is 13.2 Å². The molecule has 8 heteroatoms. The molecule has 0 aliphatic heterocycles. The van der Waals surface area contributed by atoms with Gasteiger partial charge in [0, 0.05) is 16.5 Å². The Kier molecular flexibility index (Phi) is 9.72. The number of carbonyl (C=O) groups is 1. The van der Waals surface area contributed by atoms with Crippen LogP contribution in [0.4, 0.5) is 24.5 Å². The molecule has 0 saturated heterocycles. The van der Waals surface area contributed by atoms with Gasteiger partial charge in [0.1, 0.15) is 5.82 Å². The van der Waals surface area contributed by atoms with Gasteiger partial charge in [-0.05, 0) is 71.8 Å². The van der Waals surface area contributed by atoms with Crippen molar-refractivity contribution in [3.63, 3.8) is 0 Å². The highest BCUT2D eigenvalue weighted by molar-refractivity contribution is 14.1. The first-order valence-electron chi connectivity index (χ1n) is 9.39. The molecule has 0 aliphatic carbocycles. The summed E-state index contributed by atoms with van der Waals surface area (Å²) in [7, 11) is 1.38. The second-order valence-corrected chi connectivity index (χ2v) is 7.81. The molecule has 2 N–H and O–H groups in total. The van der Waals surface area contributed by atoms with Crippen LogP contribution >= 0.6 is 22.6 Å². The van der Waals surface area contributed by atoms with E-state index in [1.165, 1.54) is 25.3 Å². The molecule has 2 rings (SSSR count). The van der Waals surface area contributed by atoms with Gasteiger partial charge in [-0.1, -0.05) is 18.9 Å². The zero-order valence-corrected chi connectivity index (χ0v) is 18.3. The fourth-order valence-corrected chi connectivity index (χ4v) is 3.25. The van der Waals surface area contributed by atoms with Gasteiger partial charge in [0.2, 0.25) is 0 Å². The summed E-state index contributed by atoms with van der Waals surface area (Å²) in [6.45, 7) is 1.00. The summed E-state index contributed by atoms with van der Waals surface area (Å²) in [4.78, 5) is 11.0. The average Bonchev–Trinajstić information content (AvgIpc) is 2.70. The Morgan fingerprint density at radius 2 is 1.79 bits per heavy atom. The largest absolute Gasteiger partial charge is 0.469 e. The van der Waals surface area contributed by atoms with Crippen molar-refractivity contribution in [2.24, 2.45) is 0 Å². The van der Waals surface area contributed by atoms with Gasteiger partial charge in [0.25, 0.3) is 0 Å². The van der Waals surface area contributed by atoms with Crippen molar-refractivity contribution in [1.82, 2.24) is 5.32 Å². The lowest BCUT2D eigenvalue weighted by Crippen LogP contribution is -2.16. The van der Waals surface area contributed by atoms with Crippen molar-refractivity contribution in [2.45, 2.75) is 38.6 Å². The Hall–Kier alpha value is -1.81. The highest BCUT2D eigenvalue weighted by Crippen LogP contribution is 2.28. The summed E-state index contributed by atoms with van der Waals surface area (Å²) in [5.74, 6) is -2.77. The summed E-state index contributed by atoms with van der Waals surface area (Å²) in [6.07, 6.45) is 3.95. The number of rotatable bonds is 11. The Bertz CT molecular complexity index is 834. The number of hydrogen-bond donors (Lipinski definition) is 2. The maximum atomic E-state index is 14.3. The molecule has 0 aromatic heterocycles. The molecule has 2 aromatic rings. The second-order valence-electron chi connectivity index (χ2n) is 6.56. The molecule has 0 saturated carbocycles. The van der Waals surface area contributed by atoms with E-state index in [0.717, 1.165) is 31.7 Å². The minimum atomic E-state index is -1.04. The maximum Gasteiger partial charge on any atom is 0.305 e. The Morgan fingerprint density at radius 3 is 2.52 bits per heavy atom. The number of unbranched alkanes of at least 4 members (excludes halogenated alkanes) is 3. The lowest BCUT2D eigenvalue weighted by atomic mass is 10.1. The van der Waals surface area contributed by atoms with Crippen molar-refractivity contribution in [3.05, 3.63) is 56.9 Å².